The van der Waals surface area contributed by atoms with Gasteiger partial charge in [-0.2, -0.15) is 0 Å². The highest BCUT2D eigenvalue weighted by molar-refractivity contribution is 6.21. The highest BCUT2D eigenvalue weighted by Crippen LogP contribution is 2.16. The van der Waals surface area contributed by atoms with Gasteiger partial charge in [-0.25, -0.2) is 4.39 Å². The Kier molecular flexibility index (Phi) is 6.47. The van der Waals surface area contributed by atoms with Gasteiger partial charge in [0, 0.05) is 0 Å². The third-order valence-corrected chi connectivity index (χ3v) is 3.19. The van der Waals surface area contributed by atoms with E-state index in [1.54, 1.807) is 6.42 Å². The van der Waals surface area contributed by atoms with Crippen LogP contribution in [-0.4, -0.2) is 11.5 Å². The van der Waals surface area contributed by atoms with Crippen molar-refractivity contribution < 1.29 is 4.39 Å². The van der Waals surface area contributed by atoms with Gasteiger partial charge in [-0.15, -0.1) is 11.6 Å². The van der Waals surface area contributed by atoms with Gasteiger partial charge >= 0.3 is 0 Å². The largest absolute Gasteiger partial charge is 0.246 e. The first-order chi connectivity index (χ1) is 7.74. The molecule has 0 fully saturated rings. The van der Waals surface area contributed by atoms with Gasteiger partial charge in [-0.05, 0) is 37.7 Å². The minimum Gasteiger partial charge on any atom is -0.246 e. The summed E-state index contributed by atoms with van der Waals surface area (Å²) in [4.78, 5) is 0. The topological polar surface area (TPSA) is 0 Å². The summed E-state index contributed by atoms with van der Waals surface area (Å²) in [6.45, 7) is 1.90. The third-order valence-electron chi connectivity index (χ3n) is 2.64. The van der Waals surface area contributed by atoms with E-state index in [0.717, 1.165) is 19.3 Å². The predicted octanol–water partition coefficient (Wildman–Crippen LogP) is 4.57. The lowest BCUT2D eigenvalue weighted by molar-refractivity contribution is 0.349. The Hall–Kier alpha value is -0.560. The highest BCUT2D eigenvalue weighted by atomic mass is 35.5. The molecule has 0 amide bonds. The second-order valence-electron chi connectivity index (χ2n) is 3.98. The van der Waals surface area contributed by atoms with Gasteiger partial charge in [-0.1, -0.05) is 37.3 Å². The van der Waals surface area contributed by atoms with Crippen molar-refractivity contribution in [2.45, 2.75) is 44.2 Å². The predicted molar refractivity (Wildman–Crippen MR) is 68.5 cm³/mol. The van der Waals surface area contributed by atoms with Gasteiger partial charge < -0.3 is 0 Å². The van der Waals surface area contributed by atoms with E-state index in [9.17, 15) is 4.39 Å². The van der Waals surface area contributed by atoms with Crippen molar-refractivity contribution >= 4 is 11.6 Å². The molecule has 0 heterocycles. The number of alkyl halides is 2. The Morgan fingerprint density at radius 2 is 2.00 bits per heavy atom. The molecule has 2 unspecified atom stereocenters. The summed E-state index contributed by atoms with van der Waals surface area (Å²) in [7, 11) is 0. The Labute approximate surface area is 103 Å². The summed E-state index contributed by atoms with van der Waals surface area (Å²) in [5.41, 5.74) is 1.31. The van der Waals surface area contributed by atoms with Crippen molar-refractivity contribution in [3.63, 3.8) is 0 Å². The Balaban J connectivity index is 2.13. The molecule has 0 saturated carbocycles. The molecule has 2 atom stereocenters. The van der Waals surface area contributed by atoms with Gasteiger partial charge in [0.05, 0.1) is 5.38 Å². The van der Waals surface area contributed by atoms with E-state index in [-0.39, 0.29) is 5.38 Å². The molecule has 16 heavy (non-hydrogen) atoms. The summed E-state index contributed by atoms with van der Waals surface area (Å²) in [6, 6.07) is 10.3. The minimum atomic E-state index is -0.970. The summed E-state index contributed by atoms with van der Waals surface area (Å²) in [5.74, 6) is 0. The fourth-order valence-electron chi connectivity index (χ4n) is 1.60. The van der Waals surface area contributed by atoms with E-state index in [2.05, 4.69) is 12.1 Å². The van der Waals surface area contributed by atoms with Gasteiger partial charge in [0.15, 0.2) is 0 Å². The van der Waals surface area contributed by atoms with Gasteiger partial charge in [0.25, 0.3) is 0 Å². The van der Waals surface area contributed by atoms with Crippen molar-refractivity contribution in [3.8, 4) is 0 Å². The lowest BCUT2D eigenvalue weighted by Crippen LogP contribution is -2.15. The molecule has 0 aliphatic heterocycles. The van der Waals surface area contributed by atoms with E-state index in [0.29, 0.717) is 6.42 Å². The molecule has 89 valence electrons. The molecular formula is C14H19ClF. The second-order valence-corrected chi connectivity index (χ2v) is 4.54. The molecule has 0 aromatic heterocycles. The molecule has 0 nitrogen and oxygen atoms in total. The number of benzene rings is 1. The summed E-state index contributed by atoms with van der Waals surface area (Å²) >= 11 is 5.81. The lowest BCUT2D eigenvalue weighted by atomic mass is 10.0. The first-order valence-electron chi connectivity index (χ1n) is 5.89. The zero-order chi connectivity index (χ0) is 11.8. The zero-order valence-electron chi connectivity index (χ0n) is 9.70. The zero-order valence-corrected chi connectivity index (χ0v) is 10.5. The van der Waals surface area contributed by atoms with E-state index in [4.69, 9.17) is 11.6 Å². The molecule has 2 heteroatoms. The van der Waals surface area contributed by atoms with E-state index < -0.39 is 6.17 Å². The summed E-state index contributed by atoms with van der Waals surface area (Å²) < 4.78 is 13.3. The standard InChI is InChI=1S/C14H19ClF/c1-2-13(15)14(16)11-7-6-10-12-8-4-3-5-9-12/h3-5,8-9,11,13-14H,2,6-7,10H2,1H3. The fraction of sp³-hybridized carbons (Fsp3) is 0.500. The van der Waals surface area contributed by atoms with Crippen molar-refractivity contribution in [1.82, 2.24) is 0 Å². The molecule has 0 saturated heterocycles. The number of rotatable bonds is 7. The fourth-order valence-corrected chi connectivity index (χ4v) is 1.70. The monoisotopic (exact) mass is 241 g/mol. The average molecular weight is 242 g/mol. The van der Waals surface area contributed by atoms with Crippen LogP contribution in [0, 0.1) is 6.42 Å². The maximum atomic E-state index is 13.3. The number of aryl methyl sites for hydroxylation is 1. The molecule has 0 aliphatic rings. The van der Waals surface area contributed by atoms with Crippen LogP contribution < -0.4 is 0 Å². The van der Waals surface area contributed by atoms with Crippen LogP contribution in [0.3, 0.4) is 0 Å². The molecule has 0 bridgehead atoms. The Morgan fingerprint density at radius 3 is 2.62 bits per heavy atom. The number of hydrogen-bond donors (Lipinski definition) is 0. The average Bonchev–Trinajstić information content (AvgIpc) is 2.34. The van der Waals surface area contributed by atoms with Crippen molar-refractivity contribution in [3.05, 3.63) is 42.3 Å². The maximum Gasteiger partial charge on any atom is 0.120 e. The van der Waals surface area contributed by atoms with Crippen molar-refractivity contribution in [2.24, 2.45) is 0 Å². The first-order valence-corrected chi connectivity index (χ1v) is 6.33. The second kappa shape index (κ2) is 7.67. The van der Waals surface area contributed by atoms with Crippen molar-refractivity contribution in [1.29, 1.82) is 0 Å². The number of halogens is 2. The van der Waals surface area contributed by atoms with Crippen LogP contribution in [0.1, 0.15) is 31.7 Å². The van der Waals surface area contributed by atoms with E-state index in [1.807, 2.05) is 25.1 Å². The first kappa shape index (κ1) is 13.5. The molecule has 1 aromatic rings. The molecular weight excluding hydrogens is 223 g/mol. The Morgan fingerprint density at radius 1 is 1.31 bits per heavy atom. The molecule has 1 radical (unpaired) electrons. The maximum absolute atomic E-state index is 13.3. The van der Waals surface area contributed by atoms with Crippen LogP contribution in [-0.2, 0) is 6.42 Å². The van der Waals surface area contributed by atoms with Gasteiger partial charge in [0.1, 0.15) is 6.17 Å². The summed E-state index contributed by atoms with van der Waals surface area (Å²) in [6.07, 6.45) is 4.18. The molecule has 0 N–H and O–H groups in total. The van der Waals surface area contributed by atoms with Gasteiger partial charge in [0.2, 0.25) is 0 Å². The lowest BCUT2D eigenvalue weighted by Gasteiger charge is -2.11. The van der Waals surface area contributed by atoms with Crippen LogP contribution >= 0.6 is 11.6 Å². The minimum absolute atomic E-state index is 0.364. The molecule has 1 aromatic carbocycles. The quantitative estimate of drug-likeness (QED) is 0.485. The normalized spacial score (nSPS) is 14.7. The van der Waals surface area contributed by atoms with Gasteiger partial charge in [-0.3, -0.25) is 0 Å². The van der Waals surface area contributed by atoms with Crippen LogP contribution in [0.4, 0.5) is 4.39 Å². The molecule has 0 spiro atoms. The smallest absolute Gasteiger partial charge is 0.120 e. The molecule has 1 rings (SSSR count). The third kappa shape index (κ3) is 4.98. The van der Waals surface area contributed by atoms with Crippen LogP contribution in [0.2, 0.25) is 0 Å². The van der Waals surface area contributed by atoms with E-state index >= 15 is 0 Å². The van der Waals surface area contributed by atoms with Crippen LogP contribution in [0.5, 0.6) is 0 Å². The number of unbranched alkanes of at least 4 members (excludes halogenated alkanes) is 1. The molecule has 0 aliphatic carbocycles. The van der Waals surface area contributed by atoms with Crippen LogP contribution in [0.25, 0.3) is 0 Å². The highest BCUT2D eigenvalue weighted by Gasteiger charge is 2.15. The van der Waals surface area contributed by atoms with Crippen LogP contribution in [0.15, 0.2) is 30.3 Å². The summed E-state index contributed by atoms with van der Waals surface area (Å²) in [5, 5.41) is -0.364. The SMILES string of the molecule is CCC(Cl)C(F)[CH]CCCc1ccccc1. The van der Waals surface area contributed by atoms with E-state index in [1.165, 1.54) is 5.56 Å². The number of hydrogen-bond acceptors (Lipinski definition) is 0. The Bertz CT molecular complexity index is 273. The van der Waals surface area contributed by atoms with Crippen molar-refractivity contribution in [2.75, 3.05) is 0 Å².